The van der Waals surface area contributed by atoms with Crippen LogP contribution in [0.25, 0.3) is 0 Å². The van der Waals surface area contributed by atoms with Gasteiger partial charge in [0.2, 0.25) is 5.91 Å². The van der Waals surface area contributed by atoms with E-state index in [0.717, 1.165) is 61.7 Å². The maximum Gasteiger partial charge on any atom is 0.227 e. The number of benzene rings is 1. The molecule has 2 aliphatic heterocycles. The molecule has 5 nitrogen and oxygen atoms in total. The van der Waals surface area contributed by atoms with E-state index >= 15 is 0 Å². The normalized spacial score (nSPS) is 19.5. The average molecular weight is 382 g/mol. The number of rotatable bonds is 3. The summed E-state index contributed by atoms with van der Waals surface area (Å²) in [6, 6.07) is 6.17. The Balaban J connectivity index is 1.49. The van der Waals surface area contributed by atoms with Crippen LogP contribution in [0.15, 0.2) is 24.3 Å². The number of aromatic nitrogens is 2. The molecule has 2 aromatic rings. The van der Waals surface area contributed by atoms with Gasteiger partial charge in [0, 0.05) is 43.9 Å². The predicted octanol–water partition coefficient (Wildman–Crippen LogP) is 3.26. The Morgan fingerprint density at radius 2 is 1.96 bits per heavy atom. The highest BCUT2D eigenvalue weighted by molar-refractivity contribution is 5.79. The van der Waals surface area contributed by atoms with Gasteiger partial charge >= 0.3 is 0 Å². The molecule has 28 heavy (non-hydrogen) atoms. The molecule has 1 aromatic heterocycles. The summed E-state index contributed by atoms with van der Waals surface area (Å²) in [5.41, 5.74) is 3.18. The quantitative estimate of drug-likeness (QED) is 0.818. The number of fused-ring (bicyclic) bond motifs is 1. The van der Waals surface area contributed by atoms with Crippen molar-refractivity contribution in [2.45, 2.75) is 44.9 Å². The molecule has 0 radical (unpaired) electrons. The van der Waals surface area contributed by atoms with E-state index in [4.69, 9.17) is 9.97 Å². The van der Waals surface area contributed by atoms with Crippen LogP contribution in [0.2, 0.25) is 0 Å². The number of aryl methyl sites for hydroxylation is 1. The molecule has 0 spiro atoms. The monoisotopic (exact) mass is 382 g/mol. The van der Waals surface area contributed by atoms with Crippen molar-refractivity contribution in [2.24, 2.45) is 0 Å². The van der Waals surface area contributed by atoms with Gasteiger partial charge in [0.1, 0.15) is 17.5 Å². The molecule has 0 aliphatic carbocycles. The number of likely N-dealkylation sites (tertiary alicyclic amines) is 1. The molecule has 6 heteroatoms. The lowest BCUT2D eigenvalue weighted by molar-refractivity contribution is -0.131. The van der Waals surface area contributed by atoms with Crippen LogP contribution in [-0.4, -0.2) is 47.5 Å². The molecule has 4 rings (SSSR count). The van der Waals surface area contributed by atoms with Gasteiger partial charge in [0.05, 0.1) is 6.42 Å². The van der Waals surface area contributed by atoms with E-state index in [9.17, 15) is 9.18 Å². The fourth-order valence-electron chi connectivity index (χ4n) is 4.30. The van der Waals surface area contributed by atoms with E-state index in [1.807, 2.05) is 4.90 Å². The van der Waals surface area contributed by atoms with Gasteiger partial charge in [-0.05, 0) is 50.3 Å². The zero-order valence-electron chi connectivity index (χ0n) is 16.6. The Morgan fingerprint density at radius 1 is 1.18 bits per heavy atom. The van der Waals surface area contributed by atoms with Crippen LogP contribution in [0.3, 0.4) is 0 Å². The first-order chi connectivity index (χ1) is 13.5. The van der Waals surface area contributed by atoms with Gasteiger partial charge in [0.15, 0.2) is 0 Å². The van der Waals surface area contributed by atoms with Crippen molar-refractivity contribution in [3.63, 3.8) is 0 Å². The first kappa shape index (κ1) is 18.8. The molecule has 1 saturated heterocycles. The summed E-state index contributed by atoms with van der Waals surface area (Å²) in [7, 11) is 2.09. The summed E-state index contributed by atoms with van der Waals surface area (Å²) in [5.74, 6) is 1.90. The van der Waals surface area contributed by atoms with Crippen molar-refractivity contribution in [1.29, 1.82) is 0 Å². The smallest absolute Gasteiger partial charge is 0.227 e. The van der Waals surface area contributed by atoms with Crippen molar-refractivity contribution >= 4 is 11.7 Å². The lowest BCUT2D eigenvalue weighted by Crippen LogP contribution is -2.40. The van der Waals surface area contributed by atoms with Crippen LogP contribution in [-0.2, 0) is 17.6 Å². The van der Waals surface area contributed by atoms with Crippen molar-refractivity contribution in [3.05, 3.63) is 52.7 Å². The summed E-state index contributed by atoms with van der Waals surface area (Å²) >= 11 is 0. The second-order valence-electron chi connectivity index (χ2n) is 7.98. The van der Waals surface area contributed by atoms with Gasteiger partial charge in [0.25, 0.3) is 0 Å². The Morgan fingerprint density at radius 3 is 2.75 bits per heavy atom. The number of hydrogen-bond acceptors (Lipinski definition) is 4. The minimum absolute atomic E-state index is 0.0862. The van der Waals surface area contributed by atoms with E-state index in [1.54, 1.807) is 12.1 Å². The fraction of sp³-hybridized carbons (Fsp3) is 0.500. The molecule has 1 fully saturated rings. The Labute approximate surface area is 165 Å². The van der Waals surface area contributed by atoms with Gasteiger partial charge < -0.3 is 9.80 Å². The number of hydrogen-bond donors (Lipinski definition) is 0. The van der Waals surface area contributed by atoms with E-state index in [0.29, 0.717) is 13.0 Å². The third-order valence-corrected chi connectivity index (χ3v) is 5.90. The van der Waals surface area contributed by atoms with Crippen molar-refractivity contribution < 1.29 is 9.18 Å². The van der Waals surface area contributed by atoms with E-state index in [2.05, 4.69) is 18.9 Å². The van der Waals surface area contributed by atoms with Gasteiger partial charge in [-0.3, -0.25) is 4.79 Å². The molecule has 1 amide bonds. The van der Waals surface area contributed by atoms with Crippen LogP contribution >= 0.6 is 0 Å². The fourth-order valence-corrected chi connectivity index (χ4v) is 4.30. The zero-order chi connectivity index (χ0) is 19.7. The molecule has 0 unspecified atom stereocenters. The summed E-state index contributed by atoms with van der Waals surface area (Å²) in [5, 5.41) is 0. The lowest BCUT2D eigenvalue weighted by atomic mass is 9.95. The van der Waals surface area contributed by atoms with Gasteiger partial charge in [-0.2, -0.15) is 0 Å². The molecule has 0 bridgehead atoms. The molecule has 3 heterocycles. The van der Waals surface area contributed by atoms with E-state index in [1.165, 1.54) is 17.7 Å². The maximum absolute atomic E-state index is 13.1. The van der Waals surface area contributed by atoms with Crippen molar-refractivity contribution in [1.82, 2.24) is 14.9 Å². The number of amides is 1. The average Bonchev–Trinajstić information content (AvgIpc) is 2.70. The first-order valence-electron chi connectivity index (χ1n) is 10.1. The molecule has 1 aromatic carbocycles. The number of piperidine rings is 1. The largest absolute Gasteiger partial charge is 0.359 e. The molecule has 1 atom stereocenters. The lowest BCUT2D eigenvalue weighted by Gasteiger charge is -2.33. The highest BCUT2D eigenvalue weighted by atomic mass is 19.1. The minimum atomic E-state index is -0.279. The zero-order valence-corrected chi connectivity index (χ0v) is 16.6. The van der Waals surface area contributed by atoms with Crippen LogP contribution in [0.5, 0.6) is 0 Å². The second kappa shape index (κ2) is 7.86. The molecule has 148 valence electrons. The molecule has 0 saturated carbocycles. The van der Waals surface area contributed by atoms with Crippen molar-refractivity contribution in [3.8, 4) is 0 Å². The minimum Gasteiger partial charge on any atom is -0.359 e. The van der Waals surface area contributed by atoms with Crippen LogP contribution < -0.4 is 4.90 Å². The second-order valence-corrected chi connectivity index (χ2v) is 7.98. The van der Waals surface area contributed by atoms with E-state index in [-0.39, 0.29) is 17.6 Å². The highest BCUT2D eigenvalue weighted by Gasteiger charge is 2.28. The third kappa shape index (κ3) is 3.86. The third-order valence-electron chi connectivity index (χ3n) is 5.90. The van der Waals surface area contributed by atoms with Crippen LogP contribution in [0.4, 0.5) is 10.2 Å². The van der Waals surface area contributed by atoms with Crippen molar-refractivity contribution in [2.75, 3.05) is 31.6 Å². The van der Waals surface area contributed by atoms with Gasteiger partial charge in [-0.15, -0.1) is 0 Å². The van der Waals surface area contributed by atoms with E-state index < -0.39 is 0 Å². The summed E-state index contributed by atoms with van der Waals surface area (Å²) < 4.78 is 13.1. The number of nitrogens with zero attached hydrogens (tertiary/aromatic N) is 4. The van der Waals surface area contributed by atoms with Crippen LogP contribution in [0.1, 0.15) is 47.8 Å². The molecular weight excluding hydrogens is 355 g/mol. The Bertz CT molecular complexity index is 868. The standard InChI is InChI=1S/C22H27FN4O/c1-15-19-6-4-11-26(2)22(19)25-21(24-15)17-5-3-12-27(14-17)20(28)13-16-7-9-18(23)10-8-16/h7-10,17H,3-6,11-14H2,1-2H3/t17-/m0/s1. The Kier molecular flexibility index (Phi) is 5.29. The molecular formula is C22H27FN4O. The number of anilines is 1. The van der Waals surface area contributed by atoms with Gasteiger partial charge in [-0.1, -0.05) is 12.1 Å². The summed E-state index contributed by atoms with van der Waals surface area (Å²) in [6.45, 7) is 4.52. The summed E-state index contributed by atoms with van der Waals surface area (Å²) in [4.78, 5) is 26.6. The molecule has 0 N–H and O–H groups in total. The topological polar surface area (TPSA) is 49.3 Å². The number of halogens is 1. The summed E-state index contributed by atoms with van der Waals surface area (Å²) in [6.07, 6.45) is 4.44. The SMILES string of the molecule is Cc1nc([C@H]2CCCN(C(=O)Cc3ccc(F)cc3)C2)nc2c1CCCN2C. The first-order valence-corrected chi connectivity index (χ1v) is 10.1. The molecule has 2 aliphatic rings. The predicted molar refractivity (Wildman–Crippen MR) is 107 cm³/mol. The maximum atomic E-state index is 13.1. The highest BCUT2D eigenvalue weighted by Crippen LogP contribution is 2.31. The van der Waals surface area contributed by atoms with Gasteiger partial charge in [-0.25, -0.2) is 14.4 Å². The number of carbonyl (C=O) groups excluding carboxylic acids is 1. The Hall–Kier alpha value is -2.50. The number of carbonyl (C=O) groups is 1. The van der Waals surface area contributed by atoms with Crippen LogP contribution in [0, 0.1) is 12.7 Å².